The fraction of sp³-hybridized carbons (Fsp3) is 0.278. The highest BCUT2D eigenvalue weighted by molar-refractivity contribution is 7.27. The monoisotopic (exact) mass is 1020 g/mol. The van der Waals surface area contributed by atoms with Crippen LogP contribution < -0.4 is 15.7 Å². The zero-order chi connectivity index (χ0) is 49.8. The normalized spacial score (nSPS) is 27.8. The van der Waals surface area contributed by atoms with Crippen LogP contribution in [0.1, 0.15) is 88.7 Å². The second-order valence-corrected chi connectivity index (χ2v) is 28.4. The summed E-state index contributed by atoms with van der Waals surface area (Å²) in [5, 5.41) is 11.1. The molecule has 0 N–H and O–H groups in total. The van der Waals surface area contributed by atoms with Crippen LogP contribution in [0.4, 0.5) is 11.4 Å². The van der Waals surface area contributed by atoms with Crippen molar-refractivity contribution < 1.29 is 0 Å². The molecule has 3 aromatic heterocycles. The van der Waals surface area contributed by atoms with Gasteiger partial charge in [0.15, 0.2) is 0 Å². The molecule has 77 heavy (non-hydrogen) atoms. The van der Waals surface area contributed by atoms with Crippen molar-refractivity contribution in [1.82, 2.24) is 4.57 Å². The van der Waals surface area contributed by atoms with Gasteiger partial charge in [0.05, 0.1) is 11.0 Å². The number of rotatable bonds is 5. The molecule has 9 aromatic carbocycles. The summed E-state index contributed by atoms with van der Waals surface area (Å²) >= 11 is 3.99. The van der Waals surface area contributed by atoms with Gasteiger partial charge in [0, 0.05) is 79.3 Å². The van der Waals surface area contributed by atoms with Crippen LogP contribution in [-0.4, -0.2) is 11.4 Å². The molecule has 22 rings (SSSR count). The Morgan fingerprint density at radius 3 is 2.14 bits per heavy atom. The van der Waals surface area contributed by atoms with Crippen molar-refractivity contribution in [3.05, 3.63) is 175 Å². The predicted molar refractivity (Wildman–Crippen MR) is 328 cm³/mol. The molecule has 0 amide bonds. The summed E-state index contributed by atoms with van der Waals surface area (Å²) in [6.07, 6.45) is 15.5. The number of benzene rings is 9. The zero-order valence-corrected chi connectivity index (χ0v) is 45.2. The molecule has 8 fully saturated rings. The van der Waals surface area contributed by atoms with Crippen LogP contribution in [0.3, 0.4) is 0 Å². The van der Waals surface area contributed by atoms with Crippen LogP contribution in [0.15, 0.2) is 164 Å². The van der Waals surface area contributed by atoms with Gasteiger partial charge in [-0.15, -0.1) is 22.7 Å². The van der Waals surface area contributed by atoms with Gasteiger partial charge >= 0.3 is 6.85 Å². The summed E-state index contributed by atoms with van der Waals surface area (Å²) < 4.78 is 8.34. The van der Waals surface area contributed by atoms with Crippen molar-refractivity contribution >= 4 is 125 Å². The predicted octanol–water partition coefficient (Wildman–Crippen LogP) is 18.5. The lowest BCUT2D eigenvalue weighted by Crippen LogP contribution is -2.76. The molecule has 0 radical (unpaired) electrons. The van der Waals surface area contributed by atoms with Gasteiger partial charge in [0.2, 0.25) is 0 Å². The number of hydrogen-bond donors (Lipinski definition) is 0. The molecular formula is C72H57BN2S2. The number of thiophene rings is 2. The van der Waals surface area contributed by atoms with E-state index in [-0.39, 0.29) is 17.7 Å². The smallest absolute Gasteiger partial charge is 0.333 e. The van der Waals surface area contributed by atoms with Crippen LogP contribution in [0.2, 0.25) is 0 Å². The first-order valence-corrected chi connectivity index (χ1v) is 31.0. The van der Waals surface area contributed by atoms with Gasteiger partial charge in [-0.25, -0.2) is 0 Å². The third-order valence-corrected chi connectivity index (χ3v) is 25.1. The van der Waals surface area contributed by atoms with E-state index in [1.807, 2.05) is 22.7 Å². The van der Waals surface area contributed by atoms with E-state index < -0.39 is 0 Å². The summed E-state index contributed by atoms with van der Waals surface area (Å²) in [6.45, 7) is 2.48. The summed E-state index contributed by atoms with van der Waals surface area (Å²) in [4.78, 5) is 2.85. The molecule has 7 unspecified atom stereocenters. The molecule has 8 aliphatic carbocycles. The quantitative estimate of drug-likeness (QED) is 0.156. The van der Waals surface area contributed by atoms with E-state index in [1.54, 1.807) is 11.1 Å². The molecular weight excluding hydrogens is 968 g/mol. The topological polar surface area (TPSA) is 8.17 Å². The van der Waals surface area contributed by atoms with Crippen LogP contribution in [0.25, 0.3) is 101 Å². The Balaban J connectivity index is 0.929. The van der Waals surface area contributed by atoms with Crippen molar-refractivity contribution in [3.8, 4) is 27.9 Å². The van der Waals surface area contributed by atoms with Crippen LogP contribution in [-0.2, 0) is 10.8 Å². The molecule has 5 heteroatoms. The Labute approximate surface area is 457 Å². The maximum atomic E-state index is 2.85. The Morgan fingerprint density at radius 2 is 1.31 bits per heavy atom. The van der Waals surface area contributed by atoms with Gasteiger partial charge in [-0.2, -0.15) is 0 Å². The van der Waals surface area contributed by atoms with E-state index in [2.05, 4.69) is 180 Å². The molecule has 0 saturated heterocycles. The van der Waals surface area contributed by atoms with Gasteiger partial charge in [0.1, 0.15) is 0 Å². The molecule has 2 nitrogen and oxygen atoms in total. The Morgan fingerprint density at radius 1 is 0.558 bits per heavy atom. The first-order chi connectivity index (χ1) is 37.9. The molecule has 5 heterocycles. The first kappa shape index (κ1) is 42.4. The minimum atomic E-state index is -0.0386. The number of hydrogen-bond acceptors (Lipinski definition) is 3. The SMILES string of the molecule is CCC1(c2ccc3c(c2)c2cc(C45CC6CC7CC(C6)(C4)C75)cc4c2n3-c2cc3c(sc5ccccc53)c3c2B4N(c2ccc(-c4ccccc4)cc2)c2cc4c(cc2-3)sc2cc3ccccc3cc24)CC2CCC(C2)C1. The number of fused-ring (bicyclic) bond motifs is 17. The molecule has 7 bridgehead atoms. The number of aromatic nitrogens is 1. The standard InChI is InChI=1S/C72H57BN2S2/c1-2-70(34-40-16-17-41(24-40)35-70)48-20-23-59-52(28-48)55-29-49(72-37-42-25-47-38-71(36-42,39-72)69(47)72)30-58-67(55)74(59)61-32-56-51-14-8-9-15-62(51)77-68(56)65-57-33-64-54(53-26-45-12-6-7-13-46(45)27-63(53)76-64)31-60(57)75(73(58)66(61)65)50-21-18-44(19-22-50)43-10-4-3-5-11-43/h3-15,18-23,26-33,40-42,47,69H,2,16-17,24-25,34-39H2,1H3. The highest BCUT2D eigenvalue weighted by Gasteiger charge is 2.78. The summed E-state index contributed by atoms with van der Waals surface area (Å²) in [6, 6.07) is 65.4. The highest BCUT2D eigenvalue weighted by Crippen LogP contribution is 2.84. The number of anilines is 2. The van der Waals surface area contributed by atoms with E-state index >= 15 is 0 Å². The lowest BCUT2D eigenvalue weighted by Gasteiger charge is -2.82. The highest BCUT2D eigenvalue weighted by atomic mass is 32.1. The van der Waals surface area contributed by atoms with Gasteiger partial charge in [-0.3, -0.25) is 0 Å². The van der Waals surface area contributed by atoms with E-state index in [9.17, 15) is 0 Å². The van der Waals surface area contributed by atoms with Crippen LogP contribution in [0.5, 0.6) is 0 Å². The average molecular weight is 1030 g/mol. The van der Waals surface area contributed by atoms with Crippen molar-refractivity contribution in [3.63, 3.8) is 0 Å². The summed E-state index contributed by atoms with van der Waals surface area (Å²) in [7, 11) is 0. The van der Waals surface area contributed by atoms with E-state index in [0.717, 1.165) is 29.6 Å². The lowest BCUT2D eigenvalue weighted by atomic mass is 9.22. The van der Waals surface area contributed by atoms with Crippen LogP contribution in [0, 0.1) is 35.0 Å². The van der Waals surface area contributed by atoms with Gasteiger partial charge in [-0.05, 0) is 214 Å². The van der Waals surface area contributed by atoms with Gasteiger partial charge in [-0.1, -0.05) is 117 Å². The molecule has 10 aliphatic rings. The third-order valence-electron chi connectivity index (χ3n) is 22.8. The maximum absolute atomic E-state index is 2.85. The largest absolute Gasteiger partial charge is 0.376 e. The van der Waals surface area contributed by atoms with Crippen molar-refractivity contribution in [2.75, 3.05) is 4.81 Å². The molecule has 1 spiro atoms. The van der Waals surface area contributed by atoms with E-state index in [4.69, 9.17) is 0 Å². The Kier molecular flexibility index (Phi) is 7.89. The minimum absolute atomic E-state index is 0.0386. The van der Waals surface area contributed by atoms with E-state index in [0.29, 0.717) is 5.41 Å². The third kappa shape index (κ3) is 5.22. The van der Waals surface area contributed by atoms with Gasteiger partial charge in [0.25, 0.3) is 0 Å². The lowest BCUT2D eigenvalue weighted by molar-refractivity contribution is -0.296. The second kappa shape index (κ2) is 14.3. The first-order valence-electron chi connectivity index (χ1n) is 29.4. The average Bonchev–Trinajstić information content (AvgIpc) is 3.31. The molecule has 12 aromatic rings. The second-order valence-electron chi connectivity index (χ2n) is 26.3. The van der Waals surface area contributed by atoms with Crippen molar-refractivity contribution in [1.29, 1.82) is 0 Å². The minimum Gasteiger partial charge on any atom is -0.376 e. The maximum Gasteiger partial charge on any atom is 0.333 e. The molecule has 7 atom stereocenters. The molecule has 2 aliphatic heterocycles. The molecule has 8 saturated carbocycles. The number of nitrogens with zero attached hydrogens (tertiary/aromatic N) is 2. The van der Waals surface area contributed by atoms with Crippen molar-refractivity contribution in [2.24, 2.45) is 35.0 Å². The van der Waals surface area contributed by atoms with Gasteiger partial charge < -0.3 is 9.38 Å². The zero-order valence-electron chi connectivity index (χ0n) is 43.5. The molecule has 370 valence electrons. The van der Waals surface area contributed by atoms with E-state index in [1.165, 1.54) is 194 Å². The van der Waals surface area contributed by atoms with Crippen LogP contribution >= 0.6 is 22.7 Å². The summed E-state index contributed by atoms with van der Waals surface area (Å²) in [5.74, 6) is 4.40. The Hall–Kier alpha value is -6.66. The van der Waals surface area contributed by atoms with Crippen molar-refractivity contribution in [2.45, 2.75) is 88.4 Å². The fourth-order valence-corrected chi connectivity index (χ4v) is 22.7. The fourth-order valence-electron chi connectivity index (χ4n) is 20.3. The summed E-state index contributed by atoms with van der Waals surface area (Å²) in [5.41, 5.74) is 19.5. The Bertz CT molecular complexity index is 4640.